The number of rotatable bonds is 4. The first-order valence-corrected chi connectivity index (χ1v) is 8.91. The lowest BCUT2D eigenvalue weighted by atomic mass is 9.77. The van der Waals surface area contributed by atoms with Crippen molar-refractivity contribution in [1.82, 2.24) is 24.8 Å². The van der Waals surface area contributed by atoms with Gasteiger partial charge in [0.1, 0.15) is 11.3 Å². The Morgan fingerprint density at radius 2 is 1.82 bits per heavy atom. The van der Waals surface area contributed by atoms with Crippen LogP contribution in [-0.4, -0.2) is 50.3 Å². The summed E-state index contributed by atoms with van der Waals surface area (Å²) in [5, 5.41) is 2.73. The molecule has 1 amide bonds. The van der Waals surface area contributed by atoms with Crippen LogP contribution in [-0.2, 0) is 21.2 Å². The van der Waals surface area contributed by atoms with Gasteiger partial charge in [-0.2, -0.15) is 0 Å². The summed E-state index contributed by atoms with van der Waals surface area (Å²) in [5.74, 6) is 0.141. The number of aromatic amines is 2. The summed E-state index contributed by atoms with van der Waals surface area (Å²) in [4.78, 5) is 44.7. The van der Waals surface area contributed by atoms with Crippen LogP contribution in [0, 0.1) is 0 Å². The molecule has 0 spiro atoms. The smallest absolute Gasteiger partial charge is 0.400 e. The zero-order valence-electron chi connectivity index (χ0n) is 16.8. The molecule has 3 rings (SSSR count). The van der Waals surface area contributed by atoms with Crippen molar-refractivity contribution in [1.29, 1.82) is 0 Å². The fourth-order valence-electron chi connectivity index (χ4n) is 2.79. The third kappa shape index (κ3) is 3.54. The van der Waals surface area contributed by atoms with E-state index in [2.05, 4.69) is 20.3 Å². The maximum absolute atomic E-state index is 12.0. The standard InChI is InChI=1S/C17H24BN5O5/c1-9(24)19-8-10(18-27-16(2,3)17(4,5)28-18)7-11-20-12-13(21-11)23(6)15(26)22-14(12)25/h7H,8H2,1-6H3,(H,19,24)(H,20,21)(H,22,25,26). The number of aromatic nitrogens is 4. The van der Waals surface area contributed by atoms with E-state index < -0.39 is 29.6 Å². The second-order valence-electron chi connectivity index (χ2n) is 7.86. The molecule has 0 radical (unpaired) electrons. The van der Waals surface area contributed by atoms with Crippen LogP contribution in [0.5, 0.6) is 0 Å². The average molecular weight is 389 g/mol. The summed E-state index contributed by atoms with van der Waals surface area (Å²) in [6.45, 7) is 9.31. The van der Waals surface area contributed by atoms with Gasteiger partial charge in [0.05, 0.1) is 11.2 Å². The van der Waals surface area contributed by atoms with Gasteiger partial charge < -0.3 is 19.6 Å². The fraction of sp³-hybridized carbons (Fsp3) is 0.529. The fourth-order valence-corrected chi connectivity index (χ4v) is 2.79. The highest BCUT2D eigenvalue weighted by Crippen LogP contribution is 2.38. The van der Waals surface area contributed by atoms with Gasteiger partial charge in [-0.3, -0.25) is 19.1 Å². The molecule has 2 aromatic rings. The minimum Gasteiger partial charge on any atom is -0.400 e. The van der Waals surface area contributed by atoms with Crippen LogP contribution in [0.25, 0.3) is 17.2 Å². The third-order valence-corrected chi connectivity index (χ3v) is 5.19. The molecule has 150 valence electrons. The number of carbonyl (C=O) groups excluding carboxylic acids is 1. The first-order valence-electron chi connectivity index (χ1n) is 8.91. The molecule has 3 N–H and O–H groups in total. The highest BCUT2D eigenvalue weighted by molar-refractivity contribution is 6.56. The van der Waals surface area contributed by atoms with Gasteiger partial charge in [0.2, 0.25) is 5.91 Å². The predicted molar refractivity (Wildman–Crippen MR) is 105 cm³/mol. The Morgan fingerprint density at radius 1 is 1.21 bits per heavy atom. The largest absolute Gasteiger partial charge is 0.492 e. The van der Waals surface area contributed by atoms with Crippen LogP contribution >= 0.6 is 0 Å². The van der Waals surface area contributed by atoms with Gasteiger partial charge in [-0.25, -0.2) is 9.78 Å². The summed E-state index contributed by atoms with van der Waals surface area (Å²) in [6.07, 6.45) is 1.65. The Kier molecular flexibility index (Phi) is 4.84. The van der Waals surface area contributed by atoms with Crippen LogP contribution < -0.4 is 16.6 Å². The number of nitrogens with one attached hydrogen (secondary N) is 3. The summed E-state index contributed by atoms with van der Waals surface area (Å²) in [6, 6.07) is 0. The second kappa shape index (κ2) is 6.75. The first kappa shape index (κ1) is 20.1. The Balaban J connectivity index is 2.05. The summed E-state index contributed by atoms with van der Waals surface area (Å²) in [7, 11) is 0.814. The van der Waals surface area contributed by atoms with Crippen molar-refractivity contribution < 1.29 is 14.1 Å². The van der Waals surface area contributed by atoms with Gasteiger partial charge in [0.15, 0.2) is 5.65 Å². The Hall–Kier alpha value is -2.66. The molecule has 0 aromatic carbocycles. The predicted octanol–water partition coefficient (Wildman–Crippen LogP) is 0.101. The topological polar surface area (TPSA) is 131 Å². The van der Waals surface area contributed by atoms with E-state index in [0.717, 1.165) is 0 Å². The van der Waals surface area contributed by atoms with Crippen LogP contribution in [0.4, 0.5) is 0 Å². The number of aryl methyl sites for hydroxylation is 1. The summed E-state index contributed by atoms with van der Waals surface area (Å²) in [5.41, 5.74) is -1.18. The van der Waals surface area contributed by atoms with Crippen LogP contribution in [0.15, 0.2) is 15.1 Å². The van der Waals surface area contributed by atoms with Gasteiger partial charge in [0.25, 0.3) is 5.56 Å². The molecule has 2 aromatic heterocycles. The molecule has 0 saturated carbocycles. The Morgan fingerprint density at radius 3 is 2.39 bits per heavy atom. The van der Waals surface area contributed by atoms with E-state index in [1.165, 1.54) is 18.5 Å². The molecule has 3 heterocycles. The number of imidazole rings is 1. The minimum atomic E-state index is -0.702. The van der Waals surface area contributed by atoms with Crippen molar-refractivity contribution in [2.24, 2.45) is 7.05 Å². The van der Waals surface area contributed by atoms with Crippen LogP contribution in [0.2, 0.25) is 0 Å². The van der Waals surface area contributed by atoms with Gasteiger partial charge in [0, 0.05) is 20.5 Å². The molecule has 10 nitrogen and oxygen atoms in total. The molecule has 1 aliphatic heterocycles. The lowest BCUT2D eigenvalue weighted by Crippen LogP contribution is -2.41. The molecule has 0 aliphatic carbocycles. The van der Waals surface area contributed by atoms with Crippen molar-refractivity contribution in [2.75, 3.05) is 6.54 Å². The highest BCUT2D eigenvalue weighted by Gasteiger charge is 2.52. The van der Waals surface area contributed by atoms with Crippen molar-refractivity contribution in [3.8, 4) is 0 Å². The van der Waals surface area contributed by atoms with E-state index in [0.29, 0.717) is 11.3 Å². The van der Waals surface area contributed by atoms with Crippen LogP contribution in [0.3, 0.4) is 0 Å². The zero-order valence-corrected chi connectivity index (χ0v) is 16.8. The zero-order chi connectivity index (χ0) is 20.9. The van der Waals surface area contributed by atoms with E-state index in [1.807, 2.05) is 27.7 Å². The molecule has 28 heavy (non-hydrogen) atoms. The highest BCUT2D eigenvalue weighted by atomic mass is 16.7. The number of fused-ring (bicyclic) bond motifs is 1. The molecular weight excluding hydrogens is 365 g/mol. The van der Waals surface area contributed by atoms with E-state index in [-0.39, 0.29) is 23.6 Å². The summed E-state index contributed by atoms with van der Waals surface area (Å²) < 4.78 is 13.4. The number of carbonyl (C=O) groups is 1. The van der Waals surface area contributed by atoms with Gasteiger partial charge in [-0.1, -0.05) is 0 Å². The van der Waals surface area contributed by atoms with Crippen molar-refractivity contribution >= 4 is 30.3 Å². The molecule has 1 saturated heterocycles. The second-order valence-corrected chi connectivity index (χ2v) is 7.86. The van der Waals surface area contributed by atoms with E-state index in [9.17, 15) is 14.4 Å². The van der Waals surface area contributed by atoms with Gasteiger partial charge >= 0.3 is 12.8 Å². The average Bonchev–Trinajstić information content (AvgIpc) is 3.08. The summed E-state index contributed by atoms with van der Waals surface area (Å²) >= 11 is 0. The van der Waals surface area contributed by atoms with Crippen molar-refractivity contribution in [2.45, 2.75) is 45.8 Å². The van der Waals surface area contributed by atoms with Gasteiger partial charge in [-0.15, -0.1) is 0 Å². The molecule has 1 fully saturated rings. The Labute approximate surface area is 161 Å². The van der Waals surface area contributed by atoms with Crippen molar-refractivity contribution in [3.63, 3.8) is 0 Å². The lowest BCUT2D eigenvalue weighted by Gasteiger charge is -2.32. The molecule has 0 atom stereocenters. The third-order valence-electron chi connectivity index (χ3n) is 5.19. The normalized spacial score (nSPS) is 18.6. The molecular formula is C17H24BN5O5. The molecule has 0 bridgehead atoms. The lowest BCUT2D eigenvalue weighted by molar-refractivity contribution is -0.118. The first-order chi connectivity index (χ1) is 12.9. The quantitative estimate of drug-likeness (QED) is 0.636. The van der Waals surface area contributed by atoms with Crippen molar-refractivity contribution in [3.05, 3.63) is 32.1 Å². The maximum Gasteiger partial charge on any atom is 0.492 e. The van der Waals surface area contributed by atoms with Crippen LogP contribution in [0.1, 0.15) is 40.4 Å². The number of hydrogen-bond acceptors (Lipinski definition) is 6. The van der Waals surface area contributed by atoms with E-state index >= 15 is 0 Å². The van der Waals surface area contributed by atoms with E-state index in [1.54, 1.807) is 6.08 Å². The SMILES string of the molecule is CC(=O)NCC(=Cc1nc2c([nH]1)c(=O)[nH]c(=O)n2C)B1OC(C)(C)C(C)(C)O1. The number of hydrogen-bond donors (Lipinski definition) is 3. The monoisotopic (exact) mass is 389 g/mol. The number of nitrogens with zero attached hydrogens (tertiary/aromatic N) is 2. The Bertz CT molecular complexity index is 1060. The van der Waals surface area contributed by atoms with E-state index in [4.69, 9.17) is 9.31 Å². The molecule has 0 unspecified atom stereocenters. The molecule has 1 aliphatic rings. The maximum atomic E-state index is 12.0. The number of amides is 1. The van der Waals surface area contributed by atoms with Gasteiger partial charge in [-0.05, 0) is 39.2 Å². The molecule has 11 heteroatoms. The minimum absolute atomic E-state index is 0.179. The number of H-pyrrole nitrogens is 2.